The number of furan rings is 1. The van der Waals surface area contributed by atoms with E-state index in [2.05, 4.69) is 5.32 Å². The third-order valence-corrected chi connectivity index (χ3v) is 4.82. The van der Waals surface area contributed by atoms with Crippen molar-refractivity contribution in [1.29, 1.82) is 0 Å². The van der Waals surface area contributed by atoms with Gasteiger partial charge in [-0.3, -0.25) is 0 Å². The Bertz CT molecular complexity index is 997. The van der Waals surface area contributed by atoms with E-state index in [0.29, 0.717) is 16.5 Å². The van der Waals surface area contributed by atoms with Crippen LogP contribution in [0, 0.1) is 0 Å². The molecule has 0 radical (unpaired) electrons. The lowest BCUT2D eigenvalue weighted by Crippen LogP contribution is -2.07. The first kappa shape index (κ1) is 18.1. The molecule has 0 atom stereocenters. The summed E-state index contributed by atoms with van der Waals surface area (Å²) < 4.78 is 68.8. The molecule has 140 valence electrons. The summed E-state index contributed by atoms with van der Waals surface area (Å²) in [7, 11) is -9.72. The first-order valence-electron chi connectivity index (χ1n) is 7.17. The molecule has 3 rings (SSSR count). The summed E-state index contributed by atoms with van der Waals surface area (Å²) >= 11 is 0. The van der Waals surface area contributed by atoms with Crippen molar-refractivity contribution in [2.45, 2.75) is 11.4 Å². The lowest BCUT2D eigenvalue weighted by Gasteiger charge is -2.40. The molecule has 10 heteroatoms. The van der Waals surface area contributed by atoms with E-state index in [4.69, 9.17) is 4.42 Å². The molecule has 0 fully saturated rings. The van der Waals surface area contributed by atoms with Crippen molar-refractivity contribution in [1.82, 2.24) is 0 Å². The molecule has 0 spiro atoms. The molecule has 1 heterocycles. The molecule has 0 aliphatic rings. The van der Waals surface area contributed by atoms with Crippen molar-refractivity contribution >= 4 is 32.8 Å². The lowest BCUT2D eigenvalue weighted by atomic mass is 10.1. The van der Waals surface area contributed by atoms with Crippen molar-refractivity contribution in [3.63, 3.8) is 0 Å². The third-order valence-electron chi connectivity index (χ3n) is 3.66. The van der Waals surface area contributed by atoms with Gasteiger partial charge in [-0.2, -0.15) is 0 Å². The Kier molecular flexibility index (Phi) is 3.56. The first-order valence-corrected chi connectivity index (χ1v) is 9.12. The van der Waals surface area contributed by atoms with Gasteiger partial charge in [0.15, 0.2) is 0 Å². The summed E-state index contributed by atoms with van der Waals surface area (Å²) in [5.74, 6) is -1.60. The van der Waals surface area contributed by atoms with Crippen LogP contribution in [0.2, 0.25) is 0 Å². The van der Waals surface area contributed by atoms with Gasteiger partial charge < -0.3 is 14.8 Å². The van der Waals surface area contributed by atoms with Crippen LogP contribution >= 0.6 is 10.2 Å². The predicted molar refractivity (Wildman–Crippen MR) is 88.3 cm³/mol. The topological polar surface area (TPSA) is 62.5 Å². The number of aromatic carboxylic acids is 1. The Morgan fingerprint density at radius 1 is 1.00 bits per heavy atom. The standard InChI is InChI=1S/C16H12F5NO3S/c17-26(18,19,20,21)11-7-5-10(6-8-11)22-9-13-12-3-1-2-4-14(12)25-15(13)16(23)24/h1-8,22H,9H2,(H,23,24). The van der Waals surface area contributed by atoms with Crippen LogP contribution in [0.3, 0.4) is 0 Å². The Morgan fingerprint density at radius 2 is 1.62 bits per heavy atom. The Balaban J connectivity index is 1.88. The fourth-order valence-corrected chi connectivity index (χ4v) is 3.12. The van der Waals surface area contributed by atoms with Crippen molar-refractivity contribution < 1.29 is 33.7 Å². The summed E-state index contributed by atoms with van der Waals surface area (Å²) in [4.78, 5) is 9.31. The van der Waals surface area contributed by atoms with E-state index in [1.54, 1.807) is 24.3 Å². The monoisotopic (exact) mass is 393 g/mol. The number of benzene rings is 2. The SMILES string of the molecule is O=C(O)c1oc2ccccc2c1CNc1ccc(S(F)(F)(F)(F)F)cc1. The normalized spacial score (nSPS) is 14.7. The number of para-hydroxylation sites is 1. The number of halogens is 5. The molecular weight excluding hydrogens is 381 g/mol. The number of rotatable bonds is 5. The lowest BCUT2D eigenvalue weighted by molar-refractivity contribution is 0.0663. The molecule has 2 N–H and O–H groups in total. The van der Waals surface area contributed by atoms with E-state index in [1.165, 1.54) is 0 Å². The van der Waals surface area contributed by atoms with Gasteiger partial charge in [0.05, 0.1) is 0 Å². The van der Waals surface area contributed by atoms with Gasteiger partial charge in [-0.15, -0.1) is 0 Å². The second kappa shape index (κ2) is 5.13. The molecule has 1 aromatic heterocycles. The second-order valence-corrected chi connectivity index (χ2v) is 7.97. The maximum atomic E-state index is 12.7. The molecule has 0 amide bonds. The minimum Gasteiger partial charge on any atom is -0.475 e. The van der Waals surface area contributed by atoms with Crippen LogP contribution < -0.4 is 5.32 Å². The van der Waals surface area contributed by atoms with Crippen LogP contribution in [0.4, 0.5) is 25.1 Å². The van der Waals surface area contributed by atoms with Crippen LogP contribution in [0.1, 0.15) is 16.1 Å². The summed E-state index contributed by atoms with van der Waals surface area (Å²) in [5.41, 5.74) is 0.764. The van der Waals surface area contributed by atoms with E-state index in [0.717, 1.165) is 12.1 Å². The summed E-state index contributed by atoms with van der Waals surface area (Å²) in [6.07, 6.45) is 0. The van der Waals surface area contributed by atoms with Crippen LogP contribution in [0.5, 0.6) is 0 Å². The van der Waals surface area contributed by atoms with Crippen LogP contribution in [-0.4, -0.2) is 11.1 Å². The van der Waals surface area contributed by atoms with Gasteiger partial charge in [0.1, 0.15) is 10.5 Å². The van der Waals surface area contributed by atoms with E-state index in [1.807, 2.05) is 0 Å². The summed E-state index contributed by atoms with van der Waals surface area (Å²) in [6, 6.07) is 8.84. The number of carbonyl (C=O) groups is 1. The Labute approximate surface area is 144 Å². The number of nitrogens with one attached hydrogen (secondary N) is 1. The molecule has 0 saturated heterocycles. The Morgan fingerprint density at radius 3 is 2.19 bits per heavy atom. The highest BCUT2D eigenvalue weighted by molar-refractivity contribution is 8.45. The van der Waals surface area contributed by atoms with E-state index in [9.17, 15) is 29.3 Å². The van der Waals surface area contributed by atoms with Crippen molar-refractivity contribution in [3.8, 4) is 0 Å². The van der Waals surface area contributed by atoms with Crippen LogP contribution in [0.15, 0.2) is 57.8 Å². The molecular formula is C16H12F5NO3S. The summed E-state index contributed by atoms with van der Waals surface area (Å²) in [6.45, 7) is -0.0750. The zero-order chi connectivity index (χ0) is 19.2. The largest absolute Gasteiger partial charge is 0.475 e. The second-order valence-electron chi connectivity index (χ2n) is 5.56. The van der Waals surface area contributed by atoms with Crippen molar-refractivity contribution in [3.05, 3.63) is 59.9 Å². The summed E-state index contributed by atoms with van der Waals surface area (Å²) in [5, 5.41) is 12.5. The zero-order valence-corrected chi connectivity index (χ0v) is 13.7. The molecule has 0 aliphatic heterocycles. The van der Waals surface area contributed by atoms with E-state index in [-0.39, 0.29) is 30.1 Å². The average molecular weight is 393 g/mol. The average Bonchev–Trinajstić information content (AvgIpc) is 2.90. The molecule has 0 unspecified atom stereocenters. The van der Waals surface area contributed by atoms with Gasteiger partial charge in [-0.1, -0.05) is 37.6 Å². The van der Waals surface area contributed by atoms with Gasteiger partial charge in [-0.05, 0) is 30.3 Å². The maximum absolute atomic E-state index is 12.7. The number of carboxylic acid groups (broad SMARTS) is 1. The fourth-order valence-electron chi connectivity index (χ4n) is 2.47. The number of hydrogen-bond acceptors (Lipinski definition) is 3. The first-order chi connectivity index (χ1) is 11.8. The Hall–Kier alpha value is -2.75. The number of anilines is 1. The van der Waals surface area contributed by atoms with Gasteiger partial charge in [0, 0.05) is 23.2 Å². The van der Waals surface area contributed by atoms with E-state index >= 15 is 0 Å². The molecule has 3 aromatic rings. The minimum atomic E-state index is -9.72. The van der Waals surface area contributed by atoms with Crippen molar-refractivity contribution in [2.24, 2.45) is 0 Å². The molecule has 0 bridgehead atoms. The van der Waals surface area contributed by atoms with Crippen molar-refractivity contribution in [2.75, 3.05) is 5.32 Å². The van der Waals surface area contributed by atoms with Gasteiger partial charge in [0.2, 0.25) is 5.76 Å². The fraction of sp³-hybridized carbons (Fsp3) is 0.0625. The van der Waals surface area contributed by atoms with Crippen LogP contribution in [-0.2, 0) is 6.54 Å². The third kappa shape index (κ3) is 3.59. The van der Waals surface area contributed by atoms with E-state index < -0.39 is 21.1 Å². The minimum absolute atomic E-state index is 0.0750. The zero-order valence-electron chi connectivity index (χ0n) is 12.9. The van der Waals surface area contributed by atoms with Gasteiger partial charge in [0.25, 0.3) is 0 Å². The number of carboxylic acids is 1. The number of hydrogen-bond donors (Lipinski definition) is 2. The highest BCUT2D eigenvalue weighted by atomic mass is 32.5. The van der Waals surface area contributed by atoms with Crippen LogP contribution in [0.25, 0.3) is 11.0 Å². The van der Waals surface area contributed by atoms with Gasteiger partial charge >= 0.3 is 16.2 Å². The highest BCUT2D eigenvalue weighted by Gasteiger charge is 2.65. The molecule has 0 aliphatic carbocycles. The molecule has 26 heavy (non-hydrogen) atoms. The smallest absolute Gasteiger partial charge is 0.372 e. The number of fused-ring (bicyclic) bond motifs is 1. The highest BCUT2D eigenvalue weighted by Crippen LogP contribution is 3.02. The maximum Gasteiger partial charge on any atom is 0.372 e. The van der Waals surface area contributed by atoms with Gasteiger partial charge in [-0.25, -0.2) is 4.79 Å². The molecule has 4 nitrogen and oxygen atoms in total. The quantitative estimate of drug-likeness (QED) is 0.492. The molecule has 0 saturated carbocycles. The molecule has 2 aromatic carbocycles. The predicted octanol–water partition coefficient (Wildman–Crippen LogP) is 6.40.